The number of carboxylic acids is 1. The molecule has 0 atom stereocenters. The Bertz CT molecular complexity index is 449. The molecule has 0 fully saturated rings. The Kier molecular flexibility index (Phi) is 5.95. The Hall–Kier alpha value is -1.26. The predicted molar refractivity (Wildman–Crippen MR) is 70.3 cm³/mol. The molecule has 18 heavy (non-hydrogen) atoms. The van der Waals surface area contributed by atoms with Gasteiger partial charge in [0.1, 0.15) is 0 Å². The Balaban J connectivity index is 2.36. The molecule has 2 N–H and O–H groups in total. The molecule has 0 radical (unpaired) electrons. The quantitative estimate of drug-likeness (QED) is 0.791. The van der Waals surface area contributed by atoms with E-state index in [0.717, 1.165) is 0 Å². The minimum atomic E-state index is -0.828. The van der Waals surface area contributed by atoms with E-state index < -0.39 is 5.97 Å². The van der Waals surface area contributed by atoms with E-state index in [2.05, 4.69) is 5.32 Å². The van der Waals surface area contributed by atoms with Crippen molar-refractivity contribution in [1.29, 1.82) is 0 Å². The van der Waals surface area contributed by atoms with Crippen LogP contribution < -0.4 is 5.32 Å². The molecule has 98 valence electrons. The van der Waals surface area contributed by atoms with E-state index in [1.54, 1.807) is 12.1 Å². The van der Waals surface area contributed by atoms with Crippen molar-refractivity contribution in [2.75, 3.05) is 6.54 Å². The topological polar surface area (TPSA) is 66.4 Å². The summed E-state index contributed by atoms with van der Waals surface area (Å²) < 4.78 is 0. The number of carbonyl (C=O) groups is 2. The number of hydrogen-bond donors (Lipinski definition) is 2. The fraction of sp³-hybridized carbons (Fsp3) is 0.333. The maximum absolute atomic E-state index is 11.7. The molecule has 1 aromatic carbocycles. The summed E-state index contributed by atoms with van der Waals surface area (Å²) in [6, 6.07) is 4.64. The minimum Gasteiger partial charge on any atom is -0.481 e. The third-order valence-corrected chi connectivity index (χ3v) is 3.02. The van der Waals surface area contributed by atoms with E-state index in [9.17, 15) is 9.59 Å². The van der Waals surface area contributed by atoms with Gasteiger partial charge in [-0.25, -0.2) is 0 Å². The van der Waals surface area contributed by atoms with Crippen LogP contribution in [0.15, 0.2) is 18.2 Å². The van der Waals surface area contributed by atoms with E-state index in [4.69, 9.17) is 28.3 Å². The van der Waals surface area contributed by atoms with Gasteiger partial charge in [-0.15, -0.1) is 0 Å². The lowest BCUT2D eigenvalue weighted by Crippen LogP contribution is -2.24. The highest BCUT2D eigenvalue weighted by molar-refractivity contribution is 6.42. The second-order valence-corrected chi connectivity index (χ2v) is 4.55. The van der Waals surface area contributed by atoms with Gasteiger partial charge in [0.2, 0.25) is 0 Å². The number of aliphatic carboxylic acids is 1. The number of benzene rings is 1. The average Bonchev–Trinajstić information content (AvgIpc) is 2.31. The van der Waals surface area contributed by atoms with Crippen LogP contribution in [0.1, 0.15) is 29.6 Å². The standard InChI is InChI=1S/C12H13Cl2NO3/c13-9-5-4-8(7-10(9)14)12(18)15-6-2-1-3-11(16)17/h4-5,7H,1-3,6H2,(H,15,18)(H,16,17). The lowest BCUT2D eigenvalue weighted by Gasteiger charge is -2.05. The van der Waals surface area contributed by atoms with Crippen LogP contribution in [-0.4, -0.2) is 23.5 Å². The van der Waals surface area contributed by atoms with Gasteiger partial charge in [-0.3, -0.25) is 9.59 Å². The number of carboxylic acid groups (broad SMARTS) is 1. The van der Waals surface area contributed by atoms with Gasteiger partial charge in [-0.05, 0) is 31.0 Å². The number of carbonyl (C=O) groups excluding carboxylic acids is 1. The summed E-state index contributed by atoms with van der Waals surface area (Å²) in [5.74, 6) is -1.07. The molecule has 6 heteroatoms. The molecule has 4 nitrogen and oxygen atoms in total. The molecule has 1 aromatic rings. The van der Waals surface area contributed by atoms with Gasteiger partial charge in [0.15, 0.2) is 0 Å². The second kappa shape index (κ2) is 7.24. The third-order valence-electron chi connectivity index (χ3n) is 2.28. The first-order chi connectivity index (χ1) is 8.50. The van der Waals surface area contributed by atoms with E-state index in [0.29, 0.717) is 35.0 Å². The van der Waals surface area contributed by atoms with Crippen LogP contribution in [0.3, 0.4) is 0 Å². The third kappa shape index (κ3) is 4.94. The zero-order valence-corrected chi connectivity index (χ0v) is 11.1. The van der Waals surface area contributed by atoms with Crippen molar-refractivity contribution in [1.82, 2.24) is 5.32 Å². The van der Waals surface area contributed by atoms with Gasteiger partial charge in [0.05, 0.1) is 10.0 Å². The minimum absolute atomic E-state index is 0.114. The molecule has 0 saturated heterocycles. The number of amides is 1. The fourth-order valence-corrected chi connectivity index (χ4v) is 1.64. The average molecular weight is 290 g/mol. The van der Waals surface area contributed by atoms with Crippen molar-refractivity contribution in [2.45, 2.75) is 19.3 Å². The van der Waals surface area contributed by atoms with Crippen molar-refractivity contribution in [2.24, 2.45) is 0 Å². The second-order valence-electron chi connectivity index (χ2n) is 3.74. The lowest BCUT2D eigenvalue weighted by atomic mass is 10.2. The van der Waals surface area contributed by atoms with Crippen molar-refractivity contribution in [3.05, 3.63) is 33.8 Å². The van der Waals surface area contributed by atoms with E-state index in [-0.39, 0.29) is 12.3 Å². The molecular formula is C12H13Cl2NO3. The number of halogens is 2. The first-order valence-corrected chi connectivity index (χ1v) is 6.21. The number of rotatable bonds is 6. The Labute approximate surface area is 115 Å². The van der Waals surface area contributed by atoms with E-state index >= 15 is 0 Å². The molecule has 0 aliphatic carbocycles. The highest BCUT2D eigenvalue weighted by Gasteiger charge is 2.07. The monoisotopic (exact) mass is 289 g/mol. The van der Waals surface area contributed by atoms with Gasteiger partial charge in [-0.2, -0.15) is 0 Å². The number of unbranched alkanes of at least 4 members (excludes halogenated alkanes) is 1. The van der Waals surface area contributed by atoms with Crippen LogP contribution in [0.5, 0.6) is 0 Å². The van der Waals surface area contributed by atoms with Crippen molar-refractivity contribution >= 4 is 35.1 Å². The van der Waals surface area contributed by atoms with Crippen molar-refractivity contribution in [3.63, 3.8) is 0 Å². The predicted octanol–water partition coefficient (Wildman–Crippen LogP) is 2.98. The Morgan fingerprint density at radius 3 is 2.50 bits per heavy atom. The maximum atomic E-state index is 11.7. The summed E-state index contributed by atoms with van der Waals surface area (Å²) in [5.41, 5.74) is 0.433. The zero-order valence-electron chi connectivity index (χ0n) is 9.58. The zero-order chi connectivity index (χ0) is 13.5. The summed E-state index contributed by atoms with van der Waals surface area (Å²) in [7, 11) is 0. The Morgan fingerprint density at radius 1 is 1.17 bits per heavy atom. The maximum Gasteiger partial charge on any atom is 0.303 e. The van der Waals surface area contributed by atoms with Gasteiger partial charge in [0, 0.05) is 18.5 Å². The van der Waals surface area contributed by atoms with Crippen molar-refractivity contribution < 1.29 is 14.7 Å². The summed E-state index contributed by atoms with van der Waals surface area (Å²) in [4.78, 5) is 21.9. The van der Waals surface area contributed by atoms with Crippen LogP contribution >= 0.6 is 23.2 Å². The highest BCUT2D eigenvalue weighted by Crippen LogP contribution is 2.22. The summed E-state index contributed by atoms with van der Waals surface area (Å²) in [6.07, 6.45) is 1.28. The molecular weight excluding hydrogens is 277 g/mol. The van der Waals surface area contributed by atoms with Crippen molar-refractivity contribution in [3.8, 4) is 0 Å². The number of nitrogens with one attached hydrogen (secondary N) is 1. The van der Waals surface area contributed by atoms with Crippen LogP contribution in [0.25, 0.3) is 0 Å². The lowest BCUT2D eigenvalue weighted by molar-refractivity contribution is -0.137. The van der Waals surface area contributed by atoms with Crippen LogP contribution in [0.4, 0.5) is 0 Å². The van der Waals surface area contributed by atoms with Crippen LogP contribution in [-0.2, 0) is 4.79 Å². The summed E-state index contributed by atoms with van der Waals surface area (Å²) in [5, 5.41) is 11.9. The molecule has 1 amide bonds. The smallest absolute Gasteiger partial charge is 0.303 e. The first kappa shape index (κ1) is 14.8. The first-order valence-electron chi connectivity index (χ1n) is 5.45. The summed E-state index contributed by atoms with van der Waals surface area (Å²) >= 11 is 11.5. The van der Waals surface area contributed by atoms with Gasteiger partial charge in [-0.1, -0.05) is 23.2 Å². The van der Waals surface area contributed by atoms with E-state index in [1.165, 1.54) is 6.07 Å². The largest absolute Gasteiger partial charge is 0.481 e. The normalized spacial score (nSPS) is 10.1. The molecule has 0 spiro atoms. The molecule has 0 saturated carbocycles. The van der Waals surface area contributed by atoms with Gasteiger partial charge >= 0.3 is 5.97 Å². The van der Waals surface area contributed by atoms with Crippen LogP contribution in [0.2, 0.25) is 10.0 Å². The van der Waals surface area contributed by atoms with Gasteiger partial charge < -0.3 is 10.4 Å². The Morgan fingerprint density at radius 2 is 1.89 bits per heavy atom. The molecule has 0 heterocycles. The van der Waals surface area contributed by atoms with Crippen LogP contribution in [0, 0.1) is 0 Å². The molecule has 0 aromatic heterocycles. The molecule has 0 bridgehead atoms. The molecule has 0 aliphatic heterocycles. The fourth-order valence-electron chi connectivity index (χ4n) is 1.34. The molecule has 1 rings (SSSR count). The highest BCUT2D eigenvalue weighted by atomic mass is 35.5. The molecule has 0 unspecified atom stereocenters. The molecule has 0 aliphatic rings. The van der Waals surface area contributed by atoms with Gasteiger partial charge in [0.25, 0.3) is 5.91 Å². The SMILES string of the molecule is O=C(O)CCCCNC(=O)c1ccc(Cl)c(Cl)c1. The van der Waals surface area contributed by atoms with E-state index in [1.807, 2.05) is 0 Å². The number of hydrogen-bond acceptors (Lipinski definition) is 2. The summed E-state index contributed by atoms with van der Waals surface area (Å²) in [6.45, 7) is 0.437.